The van der Waals surface area contributed by atoms with E-state index in [1.54, 1.807) is 0 Å². The summed E-state index contributed by atoms with van der Waals surface area (Å²) >= 11 is 9.23. The summed E-state index contributed by atoms with van der Waals surface area (Å²) in [4.78, 5) is 26.8. The minimum absolute atomic E-state index is 0.0165. The van der Waals surface area contributed by atoms with Crippen molar-refractivity contribution in [2.24, 2.45) is 0 Å². The molecule has 3 heterocycles. The van der Waals surface area contributed by atoms with Crippen molar-refractivity contribution in [1.82, 2.24) is 15.0 Å². The van der Waals surface area contributed by atoms with E-state index >= 15 is 0 Å². The topological polar surface area (TPSA) is 68.2 Å². The number of hydrogen-bond acceptors (Lipinski definition) is 6. The molecule has 0 spiro atoms. The molecule has 0 unspecified atom stereocenters. The van der Waals surface area contributed by atoms with Gasteiger partial charge in [-0.1, -0.05) is 0 Å². The maximum absolute atomic E-state index is 14.4. The van der Waals surface area contributed by atoms with Crippen LogP contribution >= 0.6 is 23.2 Å². The van der Waals surface area contributed by atoms with Gasteiger partial charge in [0.05, 0.1) is 0 Å². The Morgan fingerprint density at radius 1 is 1.36 bits per heavy atom. The molecule has 2 atom stereocenters. The molecular formula is C18H22Cl2FInN4O2. The first-order valence-corrected chi connectivity index (χ1v) is 15.8. The molecular weight excluding hydrogens is 509 g/mol. The van der Waals surface area contributed by atoms with E-state index in [-0.39, 0.29) is 29.4 Å². The second-order valence-electron chi connectivity index (χ2n) is 8.20. The monoisotopic (exact) mass is 530 g/mol. The fourth-order valence-corrected chi connectivity index (χ4v) is 13.8. The molecule has 2 aromatic heterocycles. The van der Waals surface area contributed by atoms with Crippen molar-refractivity contribution in [3.8, 4) is 0 Å². The van der Waals surface area contributed by atoms with E-state index in [9.17, 15) is 9.18 Å². The van der Waals surface area contributed by atoms with Gasteiger partial charge in [0.25, 0.3) is 0 Å². The summed E-state index contributed by atoms with van der Waals surface area (Å²) in [6, 6.07) is 0.0984. The first-order chi connectivity index (χ1) is 13.0. The molecule has 0 amide bonds. The zero-order chi connectivity index (χ0) is 20.8. The van der Waals surface area contributed by atoms with Crippen molar-refractivity contribution in [2.45, 2.75) is 53.6 Å². The van der Waals surface area contributed by atoms with Crippen LogP contribution in [-0.2, 0) is 4.74 Å². The van der Waals surface area contributed by atoms with E-state index < -0.39 is 32.9 Å². The summed E-state index contributed by atoms with van der Waals surface area (Å²) in [6.07, 6.45) is 2.32. The summed E-state index contributed by atoms with van der Waals surface area (Å²) in [5.74, 6) is -0.227. The third kappa shape index (κ3) is 4.33. The van der Waals surface area contributed by atoms with Crippen molar-refractivity contribution >= 4 is 65.1 Å². The molecule has 3 rings (SSSR count). The Labute approximate surface area is 181 Å². The van der Waals surface area contributed by atoms with E-state index in [0.717, 1.165) is 10.6 Å². The molecule has 0 aromatic carbocycles. The van der Waals surface area contributed by atoms with Crippen LogP contribution in [0.25, 0.3) is 10.9 Å². The van der Waals surface area contributed by atoms with Crippen LogP contribution in [0.4, 0.5) is 15.0 Å². The zero-order valence-corrected chi connectivity index (χ0v) is 21.3. The number of fused-ring (bicyclic) bond motifs is 1. The summed E-state index contributed by atoms with van der Waals surface area (Å²) in [5.41, 5.74) is -0.434. The van der Waals surface area contributed by atoms with Gasteiger partial charge < -0.3 is 0 Å². The third-order valence-electron chi connectivity index (χ3n) is 5.15. The normalized spacial score (nSPS) is 19.9. The number of anilines is 1. The van der Waals surface area contributed by atoms with Crippen molar-refractivity contribution in [1.29, 1.82) is 0 Å². The van der Waals surface area contributed by atoms with E-state index in [2.05, 4.69) is 21.9 Å². The Morgan fingerprint density at radius 3 is 2.68 bits per heavy atom. The Morgan fingerprint density at radius 2 is 2.04 bits per heavy atom. The van der Waals surface area contributed by atoms with E-state index in [1.165, 1.54) is 6.20 Å². The molecule has 1 aliphatic rings. The van der Waals surface area contributed by atoms with Crippen LogP contribution in [0.3, 0.4) is 0 Å². The Balaban J connectivity index is 1.92. The Hall–Kier alpha value is -0.860. The van der Waals surface area contributed by atoms with Gasteiger partial charge in [0.15, 0.2) is 0 Å². The average Bonchev–Trinajstić information content (AvgIpc) is 2.97. The Kier molecular flexibility index (Phi) is 6.32. The second-order valence-corrected chi connectivity index (χ2v) is 18.3. The number of carbonyl (C=O) groups is 1. The minimum atomic E-state index is -2.60. The molecule has 0 radical (unpaired) electrons. The average molecular weight is 531 g/mol. The second kappa shape index (κ2) is 8.11. The van der Waals surface area contributed by atoms with Crippen LogP contribution < -0.4 is 4.90 Å². The van der Waals surface area contributed by atoms with Crippen LogP contribution in [0.15, 0.2) is 6.20 Å². The van der Waals surface area contributed by atoms with E-state index in [0.29, 0.717) is 11.2 Å². The predicted molar refractivity (Wildman–Crippen MR) is 110 cm³/mol. The number of hydrogen-bond donors (Lipinski definition) is 0. The molecule has 1 fully saturated rings. The molecule has 10 heteroatoms. The maximum atomic E-state index is 14.4. The number of aromatic nitrogens is 3. The van der Waals surface area contributed by atoms with Crippen LogP contribution in [0.1, 0.15) is 34.1 Å². The SMILES string of the molecule is C[C@@H]1[C@@H](N(C)c2nc(Cl)nc3c(F)c(Cl)ncc23)C[CH2][In]1[C](=O)OC(C)(C)C. The van der Waals surface area contributed by atoms with Gasteiger partial charge in [0.1, 0.15) is 0 Å². The quantitative estimate of drug-likeness (QED) is 0.407. The number of nitrogens with zero attached hydrogens (tertiary/aromatic N) is 4. The molecule has 28 heavy (non-hydrogen) atoms. The third-order valence-corrected chi connectivity index (χ3v) is 15.3. The first kappa shape index (κ1) is 21.8. The molecule has 0 saturated carbocycles. The number of ether oxygens (including phenoxy) is 1. The van der Waals surface area contributed by atoms with Crippen LogP contribution in [0.2, 0.25) is 18.3 Å². The summed E-state index contributed by atoms with van der Waals surface area (Å²) < 4.78 is 21.2. The van der Waals surface area contributed by atoms with Crippen molar-refractivity contribution in [3.05, 3.63) is 22.5 Å². The van der Waals surface area contributed by atoms with E-state index in [4.69, 9.17) is 27.9 Å². The molecule has 1 aliphatic heterocycles. The van der Waals surface area contributed by atoms with Crippen molar-refractivity contribution < 1.29 is 13.9 Å². The zero-order valence-electron chi connectivity index (χ0n) is 16.5. The number of pyridine rings is 1. The molecule has 150 valence electrons. The van der Waals surface area contributed by atoms with Gasteiger partial charge in [0, 0.05) is 0 Å². The van der Waals surface area contributed by atoms with Crippen LogP contribution in [-0.4, -0.2) is 58.8 Å². The van der Waals surface area contributed by atoms with Gasteiger partial charge in [-0.15, -0.1) is 0 Å². The number of rotatable bonds is 3. The van der Waals surface area contributed by atoms with Gasteiger partial charge in [-0.2, -0.15) is 0 Å². The molecule has 1 saturated heterocycles. The van der Waals surface area contributed by atoms with Crippen LogP contribution in [0.5, 0.6) is 0 Å². The molecule has 0 bridgehead atoms. The van der Waals surface area contributed by atoms with Gasteiger partial charge in [-0.05, 0) is 0 Å². The standard InChI is InChI=1S/C13H13Cl2FN4.C5H9O2.In/c1-4-7(5-2)20(3)12-8-6-17-11(14)9(16)10(8)18-13(15)19-12;1-5(2,3)7-4-6;/h5-7H,1,4H2,2-3H3;1-3H3;/t7-;;/m0../s1. The summed E-state index contributed by atoms with van der Waals surface area (Å²) in [6.45, 7) is 7.78. The molecule has 0 N–H and O–H groups in total. The Bertz CT molecular complexity index is 925. The van der Waals surface area contributed by atoms with Gasteiger partial charge in [-0.3, -0.25) is 0 Å². The van der Waals surface area contributed by atoms with Gasteiger partial charge in [-0.25, -0.2) is 0 Å². The van der Waals surface area contributed by atoms with Gasteiger partial charge >= 0.3 is 182 Å². The molecule has 2 aromatic rings. The molecule has 0 aliphatic carbocycles. The van der Waals surface area contributed by atoms with Crippen LogP contribution in [0, 0.1) is 5.82 Å². The van der Waals surface area contributed by atoms with Gasteiger partial charge in [0.2, 0.25) is 0 Å². The van der Waals surface area contributed by atoms with E-state index in [1.807, 2.05) is 32.7 Å². The fraction of sp³-hybridized carbons (Fsp3) is 0.556. The number of halogens is 3. The van der Waals surface area contributed by atoms with Crippen molar-refractivity contribution in [2.75, 3.05) is 11.9 Å². The van der Waals surface area contributed by atoms with Crippen molar-refractivity contribution in [3.63, 3.8) is 0 Å². The fourth-order valence-electron chi connectivity index (χ4n) is 3.82. The summed E-state index contributed by atoms with van der Waals surface area (Å²) in [5, 5.41) is 0.122. The number of carbonyl (C=O) groups excluding carboxylic acids is 1. The predicted octanol–water partition coefficient (Wildman–Crippen LogP) is 5.08. The first-order valence-electron chi connectivity index (χ1n) is 9.12. The molecule has 6 nitrogen and oxygen atoms in total. The summed E-state index contributed by atoms with van der Waals surface area (Å²) in [7, 11) is 1.88.